The third-order valence-electron chi connectivity index (χ3n) is 4.31. The minimum absolute atomic E-state index is 0.204. The summed E-state index contributed by atoms with van der Waals surface area (Å²) < 4.78 is 6.66. The number of hydrogen-bond donors (Lipinski definition) is 1. The minimum Gasteiger partial charge on any atom is -0.492 e. The van der Waals surface area contributed by atoms with Crippen molar-refractivity contribution < 1.29 is 9.53 Å². The molecule has 1 aromatic carbocycles. The van der Waals surface area contributed by atoms with Crippen molar-refractivity contribution in [3.63, 3.8) is 0 Å². The van der Waals surface area contributed by atoms with Crippen molar-refractivity contribution in [1.29, 1.82) is 0 Å². The summed E-state index contributed by atoms with van der Waals surface area (Å²) in [7, 11) is 0. The molecule has 4 nitrogen and oxygen atoms in total. The van der Waals surface area contributed by atoms with Crippen LogP contribution in [0.4, 0.5) is 0 Å². The second kappa shape index (κ2) is 9.28. The number of nitrogens with zero attached hydrogens (tertiary/aromatic N) is 1. The number of aryl methyl sites for hydroxylation is 1. The summed E-state index contributed by atoms with van der Waals surface area (Å²) in [4.78, 5) is 14.2. The Hall–Kier alpha value is -1.07. The van der Waals surface area contributed by atoms with E-state index in [1.165, 1.54) is 5.56 Å². The largest absolute Gasteiger partial charge is 0.492 e. The summed E-state index contributed by atoms with van der Waals surface area (Å²) in [5.74, 6) is 1.71. The van der Waals surface area contributed by atoms with Gasteiger partial charge in [-0.3, -0.25) is 4.79 Å². The van der Waals surface area contributed by atoms with Crippen LogP contribution in [0.25, 0.3) is 0 Å². The predicted octanol–water partition coefficient (Wildman–Crippen LogP) is 3.37. The highest BCUT2D eigenvalue weighted by Crippen LogP contribution is 2.26. The fraction of sp³-hybridized carbons (Fsp3) is 0.611. The molecule has 1 saturated heterocycles. The number of nitrogens with one attached hydrogen (secondary N) is 1. The lowest BCUT2D eigenvalue weighted by atomic mass is 9.96. The van der Waals surface area contributed by atoms with E-state index in [9.17, 15) is 4.79 Å². The maximum atomic E-state index is 12.3. The van der Waals surface area contributed by atoms with Gasteiger partial charge in [-0.15, -0.1) is 0 Å². The van der Waals surface area contributed by atoms with Crippen LogP contribution in [0.2, 0.25) is 0 Å². The monoisotopic (exact) mass is 382 g/mol. The van der Waals surface area contributed by atoms with E-state index in [1.807, 2.05) is 30.0 Å². The highest BCUT2D eigenvalue weighted by molar-refractivity contribution is 9.10. The van der Waals surface area contributed by atoms with Gasteiger partial charge in [0.25, 0.3) is 0 Å². The number of carbonyl (C=O) groups excluding carboxylic acids is 1. The summed E-state index contributed by atoms with van der Waals surface area (Å²) >= 11 is 3.49. The van der Waals surface area contributed by atoms with Crippen LogP contribution in [-0.4, -0.2) is 43.6 Å². The van der Waals surface area contributed by atoms with Crippen molar-refractivity contribution in [2.45, 2.75) is 33.1 Å². The summed E-state index contributed by atoms with van der Waals surface area (Å²) in [6.45, 7) is 8.45. The summed E-state index contributed by atoms with van der Waals surface area (Å²) in [5.41, 5.74) is 1.18. The number of amides is 1. The molecule has 0 saturated carbocycles. The quantitative estimate of drug-likeness (QED) is 0.785. The first-order chi connectivity index (χ1) is 11.1. The summed E-state index contributed by atoms with van der Waals surface area (Å²) in [5, 5.41) is 3.40. The molecule has 0 aromatic heterocycles. The third-order valence-corrected chi connectivity index (χ3v) is 4.93. The Kier molecular flexibility index (Phi) is 7.37. The molecule has 0 spiro atoms. The second-order valence-electron chi connectivity index (χ2n) is 6.16. The lowest BCUT2D eigenvalue weighted by Gasteiger charge is -2.32. The number of rotatable bonds is 7. The molecule has 1 fully saturated rings. The van der Waals surface area contributed by atoms with E-state index in [-0.39, 0.29) is 5.91 Å². The lowest BCUT2D eigenvalue weighted by Crippen LogP contribution is -2.41. The number of carbonyl (C=O) groups is 1. The van der Waals surface area contributed by atoms with Gasteiger partial charge >= 0.3 is 0 Å². The number of likely N-dealkylation sites (tertiary alicyclic amines) is 1. The van der Waals surface area contributed by atoms with Gasteiger partial charge in [-0.2, -0.15) is 0 Å². The van der Waals surface area contributed by atoms with Gasteiger partial charge in [0.2, 0.25) is 5.91 Å². The van der Waals surface area contributed by atoms with Crippen LogP contribution in [0.1, 0.15) is 31.7 Å². The Morgan fingerprint density at radius 1 is 1.39 bits per heavy atom. The molecule has 1 N–H and O–H groups in total. The Balaban J connectivity index is 1.69. The maximum Gasteiger partial charge on any atom is 0.225 e. The second-order valence-corrected chi connectivity index (χ2v) is 7.02. The van der Waals surface area contributed by atoms with Crippen LogP contribution in [0.3, 0.4) is 0 Å². The van der Waals surface area contributed by atoms with Crippen LogP contribution in [0.5, 0.6) is 5.75 Å². The molecule has 1 aromatic rings. The number of piperidine rings is 1. The molecule has 23 heavy (non-hydrogen) atoms. The van der Waals surface area contributed by atoms with Gasteiger partial charge in [0.15, 0.2) is 0 Å². The van der Waals surface area contributed by atoms with Crippen molar-refractivity contribution in [2.75, 3.05) is 32.8 Å². The average Bonchev–Trinajstić information content (AvgIpc) is 2.55. The van der Waals surface area contributed by atoms with Gasteiger partial charge in [-0.05, 0) is 72.4 Å². The van der Waals surface area contributed by atoms with E-state index in [2.05, 4.69) is 28.2 Å². The SMILES string of the molecule is CCNCC1CCN(C(=O)CCOc2ccc(C)cc2Br)CC1. The molecule has 0 radical (unpaired) electrons. The van der Waals surface area contributed by atoms with Gasteiger partial charge < -0.3 is 15.0 Å². The van der Waals surface area contributed by atoms with Crippen LogP contribution in [-0.2, 0) is 4.79 Å². The standard InChI is InChI=1S/C18H27BrN2O2/c1-3-20-13-15-6-9-21(10-7-15)18(22)8-11-23-17-5-4-14(2)12-16(17)19/h4-5,12,15,20H,3,6-11,13H2,1-2H3. The first kappa shape index (κ1) is 18.3. The first-order valence-electron chi connectivity index (χ1n) is 8.47. The highest BCUT2D eigenvalue weighted by atomic mass is 79.9. The molecule has 2 rings (SSSR count). The fourth-order valence-electron chi connectivity index (χ4n) is 2.86. The lowest BCUT2D eigenvalue weighted by molar-refractivity contribution is -0.133. The molecule has 5 heteroatoms. The van der Waals surface area contributed by atoms with Crippen molar-refractivity contribution in [3.05, 3.63) is 28.2 Å². The molecule has 1 heterocycles. The summed E-state index contributed by atoms with van der Waals surface area (Å²) in [6.07, 6.45) is 2.64. The zero-order chi connectivity index (χ0) is 16.7. The van der Waals surface area contributed by atoms with Crippen LogP contribution in [0.15, 0.2) is 22.7 Å². The van der Waals surface area contributed by atoms with E-state index < -0.39 is 0 Å². The Morgan fingerprint density at radius 2 is 2.13 bits per heavy atom. The van der Waals surface area contributed by atoms with Crippen LogP contribution < -0.4 is 10.1 Å². The fourth-order valence-corrected chi connectivity index (χ4v) is 3.47. The van der Waals surface area contributed by atoms with Gasteiger partial charge in [0.05, 0.1) is 17.5 Å². The molecule has 0 unspecified atom stereocenters. The summed E-state index contributed by atoms with van der Waals surface area (Å²) in [6, 6.07) is 5.97. The van der Waals surface area contributed by atoms with E-state index in [1.54, 1.807) is 0 Å². The maximum absolute atomic E-state index is 12.3. The van der Waals surface area contributed by atoms with Gasteiger partial charge in [-0.25, -0.2) is 0 Å². The number of hydrogen-bond acceptors (Lipinski definition) is 3. The Bertz CT molecular complexity index is 514. The van der Waals surface area contributed by atoms with E-state index >= 15 is 0 Å². The van der Waals surface area contributed by atoms with Crippen molar-refractivity contribution in [3.8, 4) is 5.75 Å². The first-order valence-corrected chi connectivity index (χ1v) is 9.27. The molecule has 0 aliphatic carbocycles. The highest BCUT2D eigenvalue weighted by Gasteiger charge is 2.22. The molecule has 1 aliphatic heterocycles. The van der Waals surface area contributed by atoms with Gasteiger partial charge in [0.1, 0.15) is 5.75 Å². The molecule has 128 valence electrons. The van der Waals surface area contributed by atoms with Crippen molar-refractivity contribution in [2.24, 2.45) is 5.92 Å². The number of halogens is 1. The predicted molar refractivity (Wildman–Crippen MR) is 96.8 cm³/mol. The third kappa shape index (κ3) is 5.81. The topological polar surface area (TPSA) is 41.6 Å². The molecular formula is C18H27BrN2O2. The zero-order valence-electron chi connectivity index (χ0n) is 14.1. The smallest absolute Gasteiger partial charge is 0.225 e. The van der Waals surface area contributed by atoms with E-state index in [4.69, 9.17) is 4.74 Å². The Morgan fingerprint density at radius 3 is 2.78 bits per heavy atom. The Labute approximate surface area is 147 Å². The van der Waals surface area contributed by atoms with Crippen LogP contribution in [0, 0.1) is 12.8 Å². The number of benzene rings is 1. The van der Waals surface area contributed by atoms with E-state index in [0.29, 0.717) is 18.9 Å². The minimum atomic E-state index is 0.204. The zero-order valence-corrected chi connectivity index (χ0v) is 15.7. The van der Waals surface area contributed by atoms with E-state index in [0.717, 1.165) is 49.2 Å². The van der Waals surface area contributed by atoms with Crippen molar-refractivity contribution >= 4 is 21.8 Å². The molecule has 1 aliphatic rings. The molecule has 1 amide bonds. The number of ether oxygens (including phenoxy) is 1. The molecular weight excluding hydrogens is 356 g/mol. The van der Waals surface area contributed by atoms with Crippen LogP contribution >= 0.6 is 15.9 Å². The normalized spacial score (nSPS) is 15.7. The average molecular weight is 383 g/mol. The van der Waals surface area contributed by atoms with Gasteiger partial charge in [0, 0.05) is 13.1 Å². The van der Waals surface area contributed by atoms with Gasteiger partial charge in [-0.1, -0.05) is 13.0 Å². The van der Waals surface area contributed by atoms with Crippen molar-refractivity contribution in [1.82, 2.24) is 10.2 Å². The molecule has 0 atom stereocenters. The molecule has 0 bridgehead atoms.